The number of hydrogen-bond acceptors (Lipinski definition) is 4. The van der Waals surface area contributed by atoms with Crippen molar-refractivity contribution in [2.45, 2.75) is 6.92 Å². The third-order valence-corrected chi connectivity index (χ3v) is 3.42. The minimum atomic E-state index is -0.296. The van der Waals surface area contributed by atoms with Crippen molar-refractivity contribution in [2.24, 2.45) is 0 Å². The molecule has 2 rings (SSSR count). The second-order valence-corrected chi connectivity index (χ2v) is 5.11. The predicted molar refractivity (Wildman–Crippen MR) is 87.7 cm³/mol. The van der Waals surface area contributed by atoms with Gasteiger partial charge in [-0.1, -0.05) is 11.6 Å². The van der Waals surface area contributed by atoms with E-state index in [1.54, 1.807) is 36.4 Å². The lowest BCUT2D eigenvalue weighted by atomic mass is 10.2. The van der Waals surface area contributed by atoms with E-state index in [0.29, 0.717) is 27.9 Å². The Morgan fingerprint density at radius 3 is 2.73 bits per heavy atom. The number of carbonyl (C=O) groups is 1. The summed E-state index contributed by atoms with van der Waals surface area (Å²) >= 11 is 5.94. The van der Waals surface area contributed by atoms with Gasteiger partial charge in [0.15, 0.2) is 6.61 Å². The highest BCUT2D eigenvalue weighted by Crippen LogP contribution is 2.26. The number of hydrogen-bond donors (Lipinski definition) is 2. The summed E-state index contributed by atoms with van der Waals surface area (Å²) in [6.45, 7) is 1.75. The van der Waals surface area contributed by atoms with Gasteiger partial charge >= 0.3 is 0 Å². The van der Waals surface area contributed by atoms with Gasteiger partial charge < -0.3 is 20.5 Å². The molecular weight excluding hydrogens is 304 g/mol. The molecule has 0 aliphatic heterocycles. The first-order valence-electron chi connectivity index (χ1n) is 6.62. The van der Waals surface area contributed by atoms with Gasteiger partial charge in [0.25, 0.3) is 5.91 Å². The van der Waals surface area contributed by atoms with Crippen LogP contribution in [0.3, 0.4) is 0 Å². The summed E-state index contributed by atoms with van der Waals surface area (Å²) in [7, 11) is 1.51. The summed E-state index contributed by atoms with van der Waals surface area (Å²) in [6, 6.07) is 10.2. The minimum Gasteiger partial charge on any atom is -0.494 e. The standard InChI is InChI=1S/C16H17ClN2O3/c1-10-7-12(4-5-13(10)17)22-9-16(20)19-14-6-3-11(18)8-15(14)21-2/h3-8H,9,18H2,1-2H3,(H,19,20). The highest BCUT2D eigenvalue weighted by Gasteiger charge is 2.09. The number of rotatable bonds is 5. The molecule has 0 aliphatic carbocycles. The molecule has 22 heavy (non-hydrogen) atoms. The van der Waals surface area contributed by atoms with Crippen molar-refractivity contribution in [1.82, 2.24) is 0 Å². The maximum absolute atomic E-state index is 11.9. The van der Waals surface area contributed by atoms with Crippen LogP contribution in [-0.2, 0) is 4.79 Å². The smallest absolute Gasteiger partial charge is 0.262 e. The van der Waals surface area contributed by atoms with Crippen molar-refractivity contribution in [3.8, 4) is 11.5 Å². The SMILES string of the molecule is COc1cc(N)ccc1NC(=O)COc1ccc(Cl)c(C)c1. The quantitative estimate of drug-likeness (QED) is 0.829. The van der Waals surface area contributed by atoms with E-state index < -0.39 is 0 Å². The van der Waals surface area contributed by atoms with E-state index in [0.717, 1.165) is 5.56 Å². The highest BCUT2D eigenvalue weighted by molar-refractivity contribution is 6.31. The number of benzene rings is 2. The average molecular weight is 321 g/mol. The maximum atomic E-state index is 11.9. The fourth-order valence-corrected chi connectivity index (χ4v) is 1.97. The van der Waals surface area contributed by atoms with Crippen molar-refractivity contribution >= 4 is 28.9 Å². The van der Waals surface area contributed by atoms with Gasteiger partial charge in [-0.2, -0.15) is 0 Å². The van der Waals surface area contributed by atoms with E-state index in [2.05, 4.69) is 5.32 Å². The molecule has 0 spiro atoms. The summed E-state index contributed by atoms with van der Waals surface area (Å²) in [5.41, 5.74) is 7.65. The number of anilines is 2. The molecule has 0 saturated heterocycles. The molecule has 0 aliphatic rings. The van der Waals surface area contributed by atoms with Crippen LogP contribution >= 0.6 is 11.6 Å². The van der Waals surface area contributed by atoms with Crippen molar-refractivity contribution < 1.29 is 14.3 Å². The molecule has 1 amide bonds. The molecule has 0 saturated carbocycles. The lowest BCUT2D eigenvalue weighted by Crippen LogP contribution is -2.20. The number of nitrogen functional groups attached to an aromatic ring is 1. The number of ether oxygens (including phenoxy) is 2. The zero-order chi connectivity index (χ0) is 16.1. The van der Waals surface area contributed by atoms with Crippen molar-refractivity contribution in [3.63, 3.8) is 0 Å². The maximum Gasteiger partial charge on any atom is 0.262 e. The van der Waals surface area contributed by atoms with Crippen LogP contribution in [0.25, 0.3) is 0 Å². The van der Waals surface area contributed by atoms with Crippen LogP contribution in [0.2, 0.25) is 5.02 Å². The third kappa shape index (κ3) is 4.05. The Morgan fingerprint density at radius 1 is 1.27 bits per heavy atom. The minimum absolute atomic E-state index is 0.116. The van der Waals surface area contributed by atoms with Gasteiger partial charge in [-0.3, -0.25) is 4.79 Å². The number of nitrogens with two attached hydrogens (primary N) is 1. The fourth-order valence-electron chi connectivity index (χ4n) is 1.85. The molecule has 6 heteroatoms. The first-order valence-corrected chi connectivity index (χ1v) is 6.99. The zero-order valence-electron chi connectivity index (χ0n) is 12.4. The average Bonchev–Trinajstić information content (AvgIpc) is 2.50. The second kappa shape index (κ2) is 7.04. The number of aryl methyl sites for hydroxylation is 1. The number of halogens is 1. The Kier molecular flexibility index (Phi) is 5.12. The van der Waals surface area contributed by atoms with Crippen LogP contribution in [-0.4, -0.2) is 19.6 Å². The van der Waals surface area contributed by atoms with Gasteiger partial charge in [0.1, 0.15) is 11.5 Å². The van der Waals surface area contributed by atoms with Gasteiger partial charge in [-0.25, -0.2) is 0 Å². The predicted octanol–water partition coefficient (Wildman–Crippen LogP) is 3.26. The molecule has 0 aromatic heterocycles. The largest absolute Gasteiger partial charge is 0.494 e. The van der Waals surface area contributed by atoms with Crippen LogP contribution < -0.4 is 20.5 Å². The molecule has 5 nitrogen and oxygen atoms in total. The molecule has 2 aromatic rings. The van der Waals surface area contributed by atoms with Crippen molar-refractivity contribution in [2.75, 3.05) is 24.8 Å². The fraction of sp³-hybridized carbons (Fsp3) is 0.188. The Balaban J connectivity index is 1.97. The molecule has 0 radical (unpaired) electrons. The van der Waals surface area contributed by atoms with E-state index in [1.807, 2.05) is 6.92 Å². The molecule has 116 valence electrons. The van der Waals surface area contributed by atoms with E-state index in [-0.39, 0.29) is 12.5 Å². The van der Waals surface area contributed by atoms with Crippen molar-refractivity contribution in [3.05, 3.63) is 47.0 Å². The van der Waals surface area contributed by atoms with Gasteiger partial charge in [0.2, 0.25) is 0 Å². The summed E-state index contributed by atoms with van der Waals surface area (Å²) in [6.07, 6.45) is 0. The molecule has 3 N–H and O–H groups in total. The Bertz CT molecular complexity index is 689. The molecule has 2 aromatic carbocycles. The summed E-state index contributed by atoms with van der Waals surface area (Å²) < 4.78 is 10.6. The lowest BCUT2D eigenvalue weighted by Gasteiger charge is -2.12. The zero-order valence-corrected chi connectivity index (χ0v) is 13.1. The summed E-state index contributed by atoms with van der Waals surface area (Å²) in [5.74, 6) is 0.785. The number of amides is 1. The lowest BCUT2D eigenvalue weighted by molar-refractivity contribution is -0.118. The summed E-state index contributed by atoms with van der Waals surface area (Å²) in [4.78, 5) is 11.9. The first-order chi connectivity index (χ1) is 10.5. The van der Waals surface area contributed by atoms with Gasteiger partial charge in [-0.05, 0) is 42.8 Å². The normalized spacial score (nSPS) is 10.1. The molecule has 0 atom stereocenters. The third-order valence-electron chi connectivity index (χ3n) is 3.00. The van der Waals surface area contributed by atoms with Crippen LogP contribution in [0.5, 0.6) is 11.5 Å². The van der Waals surface area contributed by atoms with E-state index >= 15 is 0 Å². The topological polar surface area (TPSA) is 73.6 Å². The van der Waals surface area contributed by atoms with Gasteiger partial charge in [0.05, 0.1) is 12.8 Å². The van der Waals surface area contributed by atoms with E-state index in [1.165, 1.54) is 7.11 Å². The Labute approximate surface area is 134 Å². The van der Waals surface area contributed by atoms with Crippen LogP contribution in [0.15, 0.2) is 36.4 Å². The van der Waals surface area contributed by atoms with E-state index in [4.69, 9.17) is 26.8 Å². The number of nitrogens with one attached hydrogen (secondary N) is 1. The Hall–Kier alpha value is -2.40. The van der Waals surface area contributed by atoms with Crippen molar-refractivity contribution in [1.29, 1.82) is 0 Å². The molecule has 0 heterocycles. The molecule has 0 fully saturated rings. The summed E-state index contributed by atoms with van der Waals surface area (Å²) in [5, 5.41) is 3.37. The number of carbonyl (C=O) groups excluding carboxylic acids is 1. The second-order valence-electron chi connectivity index (χ2n) is 4.71. The Morgan fingerprint density at radius 2 is 2.05 bits per heavy atom. The van der Waals surface area contributed by atoms with Crippen LogP contribution in [0.1, 0.15) is 5.56 Å². The van der Waals surface area contributed by atoms with Crippen LogP contribution in [0, 0.1) is 6.92 Å². The highest BCUT2D eigenvalue weighted by atomic mass is 35.5. The van der Waals surface area contributed by atoms with Gasteiger partial charge in [0, 0.05) is 16.8 Å². The van der Waals surface area contributed by atoms with Gasteiger partial charge in [-0.15, -0.1) is 0 Å². The number of methoxy groups -OCH3 is 1. The molecule has 0 bridgehead atoms. The molecule has 0 unspecified atom stereocenters. The van der Waals surface area contributed by atoms with E-state index in [9.17, 15) is 4.79 Å². The monoisotopic (exact) mass is 320 g/mol. The first kappa shape index (κ1) is 16.0. The van der Waals surface area contributed by atoms with Crippen LogP contribution in [0.4, 0.5) is 11.4 Å². The molecular formula is C16H17ClN2O3.